The van der Waals surface area contributed by atoms with Gasteiger partial charge >= 0.3 is 0 Å². The number of nitrogens with one attached hydrogen (secondary N) is 1. The largest absolute Gasteiger partial charge is 0.240 e. The lowest BCUT2D eigenvalue weighted by atomic mass is 9.87. The summed E-state index contributed by atoms with van der Waals surface area (Å²) in [6.07, 6.45) is 1.91. The number of hydrogen-bond donors (Lipinski definition) is 1. The van der Waals surface area contributed by atoms with Crippen LogP contribution in [0.25, 0.3) is 0 Å². The maximum Gasteiger partial charge on any atom is 0.240 e. The Morgan fingerprint density at radius 1 is 1.24 bits per heavy atom. The molecule has 4 heteroatoms. The Morgan fingerprint density at radius 3 is 2.41 bits per heavy atom. The summed E-state index contributed by atoms with van der Waals surface area (Å²) < 4.78 is 26.8. The average Bonchev–Trinajstić information content (AvgIpc) is 3.00. The zero-order valence-corrected chi connectivity index (χ0v) is 11.3. The van der Waals surface area contributed by atoms with Crippen molar-refractivity contribution in [3.05, 3.63) is 29.8 Å². The van der Waals surface area contributed by atoms with Gasteiger partial charge in [-0.3, -0.25) is 0 Å². The highest BCUT2D eigenvalue weighted by atomic mass is 32.2. The van der Waals surface area contributed by atoms with Crippen molar-refractivity contribution in [3.8, 4) is 0 Å². The highest BCUT2D eigenvalue weighted by molar-refractivity contribution is 7.89. The van der Waals surface area contributed by atoms with Crippen molar-refractivity contribution in [1.82, 2.24) is 4.72 Å². The minimum atomic E-state index is -3.33. The van der Waals surface area contributed by atoms with Crippen LogP contribution in [0.1, 0.15) is 39.2 Å². The molecule has 94 valence electrons. The Morgan fingerprint density at radius 2 is 1.88 bits per heavy atom. The summed E-state index contributed by atoms with van der Waals surface area (Å²) in [5, 5.41) is 0. The minimum absolute atomic E-state index is 0.0366. The van der Waals surface area contributed by atoms with E-state index in [-0.39, 0.29) is 11.5 Å². The fourth-order valence-electron chi connectivity index (χ4n) is 1.62. The molecule has 1 aromatic carbocycles. The molecule has 0 bridgehead atoms. The predicted octanol–water partition coefficient (Wildman–Crippen LogP) is 2.42. The van der Waals surface area contributed by atoms with Crippen LogP contribution in [0, 0.1) is 0 Å². The molecule has 2 rings (SSSR count). The fraction of sp³-hybridized carbons (Fsp3) is 0.538. The predicted molar refractivity (Wildman–Crippen MR) is 68.5 cm³/mol. The zero-order valence-electron chi connectivity index (χ0n) is 10.5. The van der Waals surface area contributed by atoms with Crippen LogP contribution in [-0.4, -0.2) is 14.5 Å². The molecular weight excluding hydrogens is 234 g/mol. The number of rotatable bonds is 3. The molecule has 0 unspecified atom stereocenters. The number of hydrogen-bond acceptors (Lipinski definition) is 2. The smallest absolute Gasteiger partial charge is 0.208 e. The van der Waals surface area contributed by atoms with E-state index in [4.69, 9.17) is 0 Å². The Bertz CT molecular complexity index is 510. The van der Waals surface area contributed by atoms with E-state index in [2.05, 4.69) is 25.5 Å². The third-order valence-corrected chi connectivity index (χ3v) is 4.43. The molecule has 0 atom stereocenters. The van der Waals surface area contributed by atoms with Crippen LogP contribution in [0.3, 0.4) is 0 Å². The molecule has 1 aliphatic rings. The van der Waals surface area contributed by atoms with Crippen molar-refractivity contribution < 1.29 is 8.42 Å². The van der Waals surface area contributed by atoms with E-state index < -0.39 is 10.0 Å². The van der Waals surface area contributed by atoms with Gasteiger partial charge in [-0.05, 0) is 36.0 Å². The second kappa shape index (κ2) is 4.10. The van der Waals surface area contributed by atoms with E-state index in [0.717, 1.165) is 18.4 Å². The summed E-state index contributed by atoms with van der Waals surface area (Å²) in [6.45, 7) is 6.23. The molecule has 0 heterocycles. The molecule has 0 aliphatic heterocycles. The van der Waals surface area contributed by atoms with E-state index in [9.17, 15) is 8.42 Å². The quantitative estimate of drug-likeness (QED) is 0.899. The van der Waals surface area contributed by atoms with Gasteiger partial charge in [-0.25, -0.2) is 13.1 Å². The van der Waals surface area contributed by atoms with Crippen LogP contribution >= 0.6 is 0 Å². The summed E-state index contributed by atoms with van der Waals surface area (Å²) in [7, 11) is -3.33. The first kappa shape index (κ1) is 12.6. The first-order chi connectivity index (χ1) is 7.79. The van der Waals surface area contributed by atoms with Crippen molar-refractivity contribution in [2.75, 3.05) is 0 Å². The summed E-state index contributed by atoms with van der Waals surface area (Å²) in [4.78, 5) is 0.372. The van der Waals surface area contributed by atoms with Crippen LogP contribution in [0.2, 0.25) is 0 Å². The van der Waals surface area contributed by atoms with Gasteiger partial charge in [0.1, 0.15) is 0 Å². The second-order valence-corrected chi connectivity index (χ2v) is 7.39. The molecule has 0 radical (unpaired) electrons. The van der Waals surface area contributed by atoms with Gasteiger partial charge in [0.25, 0.3) is 0 Å². The molecule has 1 aromatic rings. The molecule has 1 N–H and O–H groups in total. The summed E-state index contributed by atoms with van der Waals surface area (Å²) in [6, 6.07) is 7.35. The lowest BCUT2D eigenvalue weighted by Gasteiger charge is -2.19. The molecule has 0 aromatic heterocycles. The molecular formula is C13H19NO2S. The summed E-state index contributed by atoms with van der Waals surface area (Å²) in [5.74, 6) is 0. The molecule has 0 spiro atoms. The molecule has 1 saturated carbocycles. The highest BCUT2D eigenvalue weighted by Crippen LogP contribution is 2.26. The van der Waals surface area contributed by atoms with Crippen LogP contribution in [-0.2, 0) is 15.4 Å². The number of benzene rings is 1. The molecule has 1 aliphatic carbocycles. The zero-order chi connectivity index (χ0) is 12.7. The molecule has 1 fully saturated rings. The lowest BCUT2D eigenvalue weighted by molar-refractivity contribution is 0.576. The van der Waals surface area contributed by atoms with E-state index in [1.807, 2.05) is 12.1 Å². The molecule has 3 nitrogen and oxygen atoms in total. The second-order valence-electron chi connectivity index (χ2n) is 5.67. The Balaban J connectivity index is 2.32. The third-order valence-electron chi connectivity index (χ3n) is 2.91. The van der Waals surface area contributed by atoms with E-state index in [1.165, 1.54) is 0 Å². The normalized spacial score (nSPS) is 17.1. The van der Waals surface area contributed by atoms with Gasteiger partial charge in [-0.2, -0.15) is 0 Å². The standard InChI is InChI=1S/C13H19NO2S/c1-13(2,3)10-5-4-6-12(9-10)17(15,16)14-11-7-8-11/h4-6,9,11,14H,7-8H2,1-3H3. The van der Waals surface area contributed by atoms with E-state index >= 15 is 0 Å². The maximum absolute atomic E-state index is 12.1. The van der Waals surface area contributed by atoms with Crippen LogP contribution in [0.15, 0.2) is 29.2 Å². The third kappa shape index (κ3) is 3.07. The van der Waals surface area contributed by atoms with Gasteiger partial charge in [0.05, 0.1) is 4.90 Å². The van der Waals surface area contributed by atoms with Gasteiger partial charge < -0.3 is 0 Å². The summed E-state index contributed by atoms with van der Waals surface area (Å²) >= 11 is 0. The van der Waals surface area contributed by atoms with Crippen LogP contribution < -0.4 is 4.72 Å². The lowest BCUT2D eigenvalue weighted by Crippen LogP contribution is -2.26. The summed E-state index contributed by atoms with van der Waals surface area (Å²) in [5.41, 5.74) is 1.00. The molecule has 0 saturated heterocycles. The van der Waals surface area contributed by atoms with Crippen LogP contribution in [0.5, 0.6) is 0 Å². The van der Waals surface area contributed by atoms with Crippen molar-refractivity contribution in [2.45, 2.75) is 50.0 Å². The van der Waals surface area contributed by atoms with Gasteiger partial charge in [-0.15, -0.1) is 0 Å². The average molecular weight is 253 g/mol. The first-order valence-corrected chi connectivity index (χ1v) is 7.40. The SMILES string of the molecule is CC(C)(C)c1cccc(S(=O)(=O)NC2CC2)c1. The molecule has 0 amide bonds. The minimum Gasteiger partial charge on any atom is -0.208 e. The van der Waals surface area contributed by atoms with Crippen molar-refractivity contribution in [3.63, 3.8) is 0 Å². The van der Waals surface area contributed by atoms with Crippen molar-refractivity contribution in [2.24, 2.45) is 0 Å². The Kier molecular flexibility index (Phi) is 3.04. The highest BCUT2D eigenvalue weighted by Gasteiger charge is 2.28. The first-order valence-electron chi connectivity index (χ1n) is 5.92. The Hall–Kier alpha value is -0.870. The number of sulfonamides is 1. The van der Waals surface area contributed by atoms with Gasteiger partial charge in [0.2, 0.25) is 10.0 Å². The van der Waals surface area contributed by atoms with Gasteiger partial charge in [0, 0.05) is 6.04 Å². The van der Waals surface area contributed by atoms with Gasteiger partial charge in [-0.1, -0.05) is 32.9 Å². The molecule has 17 heavy (non-hydrogen) atoms. The monoisotopic (exact) mass is 253 g/mol. The topological polar surface area (TPSA) is 46.2 Å². The van der Waals surface area contributed by atoms with Crippen molar-refractivity contribution >= 4 is 10.0 Å². The Labute approximate surface area is 103 Å². The van der Waals surface area contributed by atoms with Crippen molar-refractivity contribution in [1.29, 1.82) is 0 Å². The van der Waals surface area contributed by atoms with Gasteiger partial charge in [0.15, 0.2) is 0 Å². The van der Waals surface area contributed by atoms with Crippen LogP contribution in [0.4, 0.5) is 0 Å². The maximum atomic E-state index is 12.1. The fourth-order valence-corrected chi connectivity index (χ4v) is 2.97. The van der Waals surface area contributed by atoms with E-state index in [1.54, 1.807) is 12.1 Å². The van der Waals surface area contributed by atoms with E-state index in [0.29, 0.717) is 4.90 Å².